The highest BCUT2D eigenvalue weighted by atomic mass is 19.1. The van der Waals surface area contributed by atoms with Gasteiger partial charge in [-0.15, -0.1) is 0 Å². The van der Waals surface area contributed by atoms with Crippen LogP contribution in [0.15, 0.2) is 30.3 Å². The van der Waals surface area contributed by atoms with E-state index >= 15 is 0 Å². The van der Waals surface area contributed by atoms with Gasteiger partial charge < -0.3 is 0 Å². The Morgan fingerprint density at radius 2 is 1.52 bits per heavy atom. The summed E-state index contributed by atoms with van der Waals surface area (Å²) in [6, 6.07) is 6.77. The van der Waals surface area contributed by atoms with E-state index in [4.69, 9.17) is 4.98 Å². The second-order valence-electron chi connectivity index (χ2n) is 6.61. The third-order valence-corrected chi connectivity index (χ3v) is 4.11. The molecule has 1 nitrogen and oxygen atoms in total. The zero-order chi connectivity index (χ0) is 17.1. The molecule has 0 bridgehead atoms. The predicted octanol–water partition coefficient (Wildman–Crippen LogP) is 6.48. The second kappa shape index (κ2) is 7.08. The second-order valence-corrected chi connectivity index (χ2v) is 6.61. The minimum Gasteiger partial charge on any atom is -0.256 e. The van der Waals surface area contributed by atoms with E-state index in [1.807, 2.05) is 25.1 Å². The van der Waals surface area contributed by atoms with Crippen molar-refractivity contribution in [1.82, 2.24) is 4.98 Å². The Hall–Kier alpha value is -1.96. The Labute approximate surface area is 139 Å². The van der Waals surface area contributed by atoms with Crippen molar-refractivity contribution in [3.63, 3.8) is 0 Å². The molecule has 0 saturated carbocycles. The normalized spacial score (nSPS) is 11.9. The summed E-state index contributed by atoms with van der Waals surface area (Å²) < 4.78 is 13.3. The lowest BCUT2D eigenvalue weighted by atomic mass is 9.87. The van der Waals surface area contributed by atoms with Crippen LogP contribution in [0.1, 0.15) is 69.0 Å². The molecule has 0 unspecified atom stereocenters. The lowest BCUT2D eigenvalue weighted by Gasteiger charge is -2.22. The number of halogens is 1. The number of hydrogen-bond donors (Lipinski definition) is 0. The van der Waals surface area contributed by atoms with Gasteiger partial charge in [-0.2, -0.15) is 0 Å². The number of pyridine rings is 1. The molecule has 0 aliphatic heterocycles. The van der Waals surface area contributed by atoms with Gasteiger partial charge in [0.25, 0.3) is 0 Å². The maximum absolute atomic E-state index is 13.3. The zero-order valence-electron chi connectivity index (χ0n) is 14.9. The molecule has 0 aliphatic rings. The molecule has 23 heavy (non-hydrogen) atoms. The van der Waals surface area contributed by atoms with Crippen molar-refractivity contribution < 1.29 is 4.39 Å². The molecule has 2 aromatic rings. The fourth-order valence-corrected chi connectivity index (χ4v) is 3.06. The van der Waals surface area contributed by atoms with Crippen LogP contribution in [0.5, 0.6) is 0 Å². The molecule has 122 valence electrons. The van der Waals surface area contributed by atoms with Gasteiger partial charge in [-0.1, -0.05) is 52.0 Å². The van der Waals surface area contributed by atoms with Crippen molar-refractivity contribution in [2.45, 2.75) is 53.4 Å². The van der Waals surface area contributed by atoms with Crippen molar-refractivity contribution in [2.75, 3.05) is 0 Å². The maximum atomic E-state index is 13.3. The Balaban J connectivity index is 2.87. The molecule has 1 heterocycles. The van der Waals surface area contributed by atoms with Gasteiger partial charge in [0, 0.05) is 11.3 Å². The van der Waals surface area contributed by atoms with Crippen LogP contribution >= 0.6 is 0 Å². The Morgan fingerprint density at radius 1 is 0.957 bits per heavy atom. The van der Waals surface area contributed by atoms with E-state index in [0.29, 0.717) is 11.8 Å². The number of nitrogens with zero attached hydrogens (tertiary/aromatic N) is 1. The standard InChI is InChI=1S/C21H26FN/c1-7-8-18-19(16-9-11-17(22)12-10-16)15(6)20(13(2)3)23-21(18)14(4)5/h7-14H,1-6H3/b8-7+. The van der Waals surface area contributed by atoms with Crippen molar-refractivity contribution in [2.24, 2.45) is 0 Å². The third kappa shape index (κ3) is 3.52. The number of benzene rings is 1. The minimum atomic E-state index is -0.207. The first-order chi connectivity index (χ1) is 10.9. The molecule has 0 radical (unpaired) electrons. The fraction of sp³-hybridized carbons (Fsp3) is 0.381. The highest BCUT2D eigenvalue weighted by molar-refractivity contribution is 5.80. The summed E-state index contributed by atoms with van der Waals surface area (Å²) in [5, 5.41) is 0. The summed E-state index contributed by atoms with van der Waals surface area (Å²) in [4.78, 5) is 4.97. The highest BCUT2D eigenvalue weighted by Crippen LogP contribution is 2.36. The molecule has 1 aromatic carbocycles. The van der Waals surface area contributed by atoms with Gasteiger partial charge in [-0.25, -0.2) is 4.39 Å². The molecule has 0 saturated heterocycles. The van der Waals surface area contributed by atoms with Gasteiger partial charge in [-0.3, -0.25) is 4.98 Å². The van der Waals surface area contributed by atoms with E-state index in [9.17, 15) is 4.39 Å². The maximum Gasteiger partial charge on any atom is 0.123 e. The topological polar surface area (TPSA) is 12.9 Å². The van der Waals surface area contributed by atoms with Gasteiger partial charge in [0.1, 0.15) is 5.82 Å². The van der Waals surface area contributed by atoms with E-state index in [1.165, 1.54) is 23.3 Å². The first-order valence-electron chi connectivity index (χ1n) is 8.29. The quantitative estimate of drug-likeness (QED) is 0.630. The zero-order valence-corrected chi connectivity index (χ0v) is 14.9. The smallest absolute Gasteiger partial charge is 0.123 e. The molecule has 2 rings (SSSR count). The predicted molar refractivity (Wildman–Crippen MR) is 97.3 cm³/mol. The summed E-state index contributed by atoms with van der Waals surface area (Å²) in [5.74, 6) is 0.478. The molecule has 0 N–H and O–H groups in total. The van der Waals surface area contributed by atoms with Crippen LogP contribution < -0.4 is 0 Å². The van der Waals surface area contributed by atoms with Gasteiger partial charge in [0.2, 0.25) is 0 Å². The number of rotatable bonds is 4. The van der Waals surface area contributed by atoms with Crippen molar-refractivity contribution >= 4 is 6.08 Å². The molecule has 0 fully saturated rings. The van der Waals surface area contributed by atoms with Crippen LogP contribution in [0, 0.1) is 12.7 Å². The molecule has 0 spiro atoms. The summed E-state index contributed by atoms with van der Waals surface area (Å²) >= 11 is 0. The molecular formula is C21H26FN. The van der Waals surface area contributed by atoms with Gasteiger partial charge >= 0.3 is 0 Å². The summed E-state index contributed by atoms with van der Waals surface area (Å²) in [5.41, 5.74) is 6.78. The monoisotopic (exact) mass is 311 g/mol. The first-order valence-corrected chi connectivity index (χ1v) is 8.29. The van der Waals surface area contributed by atoms with Crippen molar-refractivity contribution in [3.8, 4) is 11.1 Å². The Bertz CT molecular complexity index is 710. The van der Waals surface area contributed by atoms with Crippen LogP contribution in [-0.2, 0) is 0 Å². The van der Waals surface area contributed by atoms with E-state index in [-0.39, 0.29) is 5.82 Å². The van der Waals surface area contributed by atoms with E-state index < -0.39 is 0 Å². The Morgan fingerprint density at radius 3 is 2.00 bits per heavy atom. The van der Waals surface area contributed by atoms with Gasteiger partial charge in [-0.05, 0) is 54.5 Å². The van der Waals surface area contributed by atoms with Crippen LogP contribution in [0.3, 0.4) is 0 Å². The lowest BCUT2D eigenvalue weighted by Crippen LogP contribution is -2.08. The highest BCUT2D eigenvalue weighted by Gasteiger charge is 2.20. The third-order valence-electron chi connectivity index (χ3n) is 4.11. The molecule has 0 atom stereocenters. The average molecular weight is 311 g/mol. The number of allylic oxidation sites excluding steroid dienone is 1. The largest absolute Gasteiger partial charge is 0.256 e. The minimum absolute atomic E-state index is 0.207. The summed E-state index contributed by atoms with van der Waals surface area (Å²) in [6.45, 7) is 12.8. The molecule has 1 aromatic heterocycles. The number of aromatic nitrogens is 1. The van der Waals surface area contributed by atoms with Crippen LogP contribution in [-0.4, -0.2) is 4.98 Å². The lowest BCUT2D eigenvalue weighted by molar-refractivity contribution is 0.628. The van der Waals surface area contributed by atoms with Gasteiger partial charge in [0.05, 0.1) is 5.69 Å². The van der Waals surface area contributed by atoms with Crippen LogP contribution in [0.2, 0.25) is 0 Å². The Kier molecular flexibility index (Phi) is 5.35. The van der Waals surface area contributed by atoms with Crippen molar-refractivity contribution in [1.29, 1.82) is 0 Å². The molecule has 0 aliphatic carbocycles. The summed E-state index contributed by atoms with van der Waals surface area (Å²) in [6.07, 6.45) is 4.17. The molecular weight excluding hydrogens is 285 g/mol. The average Bonchev–Trinajstić information content (AvgIpc) is 2.48. The first kappa shape index (κ1) is 17.4. The van der Waals surface area contributed by atoms with E-state index in [0.717, 1.165) is 22.5 Å². The van der Waals surface area contributed by atoms with Gasteiger partial charge in [0.15, 0.2) is 0 Å². The van der Waals surface area contributed by atoms with E-state index in [1.54, 1.807) is 0 Å². The van der Waals surface area contributed by atoms with Crippen LogP contribution in [0.25, 0.3) is 17.2 Å². The molecule has 2 heteroatoms. The summed E-state index contributed by atoms with van der Waals surface area (Å²) in [7, 11) is 0. The number of hydrogen-bond acceptors (Lipinski definition) is 1. The van der Waals surface area contributed by atoms with Crippen LogP contribution in [0.4, 0.5) is 4.39 Å². The van der Waals surface area contributed by atoms with Crippen molar-refractivity contribution in [3.05, 3.63) is 58.7 Å². The molecule has 0 amide bonds. The fourth-order valence-electron chi connectivity index (χ4n) is 3.06. The van der Waals surface area contributed by atoms with E-state index in [2.05, 4.69) is 40.7 Å². The SMILES string of the molecule is C/C=C/c1c(C(C)C)nc(C(C)C)c(C)c1-c1ccc(F)cc1.